The molecule has 0 fully saturated rings. The van der Waals surface area contributed by atoms with E-state index in [0.717, 1.165) is 34.0 Å². The molecule has 2 nitrogen and oxygen atoms in total. The largest absolute Gasteiger partial charge is 0.278 e. The minimum Gasteiger partial charge on any atom is -0.278 e. The molecule has 0 saturated carbocycles. The highest BCUT2D eigenvalue weighted by molar-refractivity contribution is 5.94. The van der Waals surface area contributed by atoms with Crippen LogP contribution in [0, 0.1) is 5.82 Å². The molecule has 0 amide bonds. The van der Waals surface area contributed by atoms with Crippen molar-refractivity contribution >= 4 is 16.5 Å². The quantitative estimate of drug-likeness (QED) is 0.848. The topological polar surface area (TPSA) is 28.7 Å². The van der Waals surface area contributed by atoms with Crippen molar-refractivity contribution in [3.05, 3.63) is 71.7 Å². The van der Waals surface area contributed by atoms with Crippen LogP contribution >= 0.6 is 0 Å². The smallest absolute Gasteiger partial charge is 0.125 e. The van der Waals surface area contributed by atoms with Crippen LogP contribution in [-0.4, -0.2) is 10.2 Å². The highest BCUT2D eigenvalue weighted by Crippen LogP contribution is 2.30. The molecule has 0 bridgehead atoms. The van der Waals surface area contributed by atoms with E-state index in [1.54, 1.807) is 12.3 Å². The van der Waals surface area contributed by atoms with Gasteiger partial charge in [-0.2, -0.15) is 5.10 Å². The maximum absolute atomic E-state index is 13.7. The summed E-state index contributed by atoms with van der Waals surface area (Å²) in [7, 11) is 0. The molecular weight excluding hydrogens is 251 g/mol. The van der Waals surface area contributed by atoms with Crippen LogP contribution in [0.5, 0.6) is 0 Å². The van der Waals surface area contributed by atoms with Crippen LogP contribution in [0.4, 0.5) is 4.39 Å². The number of H-pyrrole nitrogens is 1. The Morgan fingerprint density at radius 3 is 2.95 bits per heavy atom. The first-order chi connectivity index (χ1) is 9.63. The van der Waals surface area contributed by atoms with Crippen LogP contribution in [0.25, 0.3) is 16.5 Å². The second-order valence-corrected chi connectivity index (χ2v) is 5.05. The second-order valence-electron chi connectivity index (χ2n) is 5.05. The summed E-state index contributed by atoms with van der Waals surface area (Å²) in [5, 5.41) is 7.74. The molecule has 100 valence electrons. The third-order valence-electron chi connectivity index (χ3n) is 3.30. The number of fused-ring (bicyclic) bond motifs is 1. The third kappa shape index (κ3) is 2.35. The molecule has 20 heavy (non-hydrogen) atoms. The van der Waals surface area contributed by atoms with Gasteiger partial charge < -0.3 is 0 Å². The van der Waals surface area contributed by atoms with Crippen molar-refractivity contribution in [3.63, 3.8) is 0 Å². The average Bonchev–Trinajstić information content (AvgIpc) is 2.86. The van der Waals surface area contributed by atoms with Crippen LogP contribution in [-0.2, 0) is 0 Å². The molecule has 3 heteroatoms. The van der Waals surface area contributed by atoms with Gasteiger partial charge >= 0.3 is 0 Å². The summed E-state index contributed by atoms with van der Waals surface area (Å²) in [6.45, 7) is 5.85. The summed E-state index contributed by atoms with van der Waals surface area (Å²) in [4.78, 5) is 0. The number of nitrogens with one attached hydrogen (secondary N) is 1. The molecule has 3 rings (SSSR count). The Bertz CT molecular complexity index is 775. The van der Waals surface area contributed by atoms with Gasteiger partial charge in [-0.25, -0.2) is 4.39 Å². The van der Waals surface area contributed by atoms with Gasteiger partial charge in [-0.1, -0.05) is 36.5 Å². The molecule has 1 N–H and O–H groups in total. The second kappa shape index (κ2) is 4.93. The number of allylic oxidation sites excluding steroid dienone is 7. The summed E-state index contributed by atoms with van der Waals surface area (Å²) in [6.07, 6.45) is 10.8. The molecule has 1 heterocycles. The predicted octanol–water partition coefficient (Wildman–Crippen LogP) is 4.55. The third-order valence-corrected chi connectivity index (χ3v) is 3.30. The van der Waals surface area contributed by atoms with Crippen molar-refractivity contribution in [2.45, 2.75) is 13.3 Å². The minimum absolute atomic E-state index is 0.255. The monoisotopic (exact) mass is 266 g/mol. The molecule has 2 aromatic rings. The molecular formula is C17H15FN2. The lowest BCUT2D eigenvalue weighted by atomic mass is 9.94. The van der Waals surface area contributed by atoms with Crippen LogP contribution < -0.4 is 0 Å². The Balaban J connectivity index is 2.02. The number of hydrogen-bond acceptors (Lipinski definition) is 1. The number of aromatic amines is 1. The normalized spacial score (nSPS) is 16.7. The lowest BCUT2D eigenvalue weighted by molar-refractivity contribution is 0.629. The van der Waals surface area contributed by atoms with E-state index in [-0.39, 0.29) is 5.82 Å². The van der Waals surface area contributed by atoms with Gasteiger partial charge in [-0.15, -0.1) is 0 Å². The van der Waals surface area contributed by atoms with Gasteiger partial charge in [0.1, 0.15) is 5.82 Å². The van der Waals surface area contributed by atoms with Gasteiger partial charge in [0.25, 0.3) is 0 Å². The van der Waals surface area contributed by atoms with Gasteiger partial charge in [-0.3, -0.25) is 5.10 Å². The number of hydrogen-bond donors (Lipinski definition) is 1. The van der Waals surface area contributed by atoms with Gasteiger partial charge in [0.05, 0.1) is 11.7 Å². The van der Waals surface area contributed by atoms with Crippen molar-refractivity contribution in [1.29, 1.82) is 0 Å². The highest BCUT2D eigenvalue weighted by atomic mass is 19.1. The van der Waals surface area contributed by atoms with E-state index in [1.807, 2.05) is 13.0 Å². The highest BCUT2D eigenvalue weighted by Gasteiger charge is 2.11. The average molecular weight is 266 g/mol. The summed E-state index contributed by atoms with van der Waals surface area (Å²) < 4.78 is 13.7. The van der Waals surface area contributed by atoms with Crippen LogP contribution in [0.2, 0.25) is 0 Å². The zero-order valence-corrected chi connectivity index (χ0v) is 11.3. The van der Waals surface area contributed by atoms with Crippen LogP contribution in [0.1, 0.15) is 18.9 Å². The van der Waals surface area contributed by atoms with Crippen molar-refractivity contribution in [1.82, 2.24) is 10.2 Å². The summed E-state index contributed by atoms with van der Waals surface area (Å²) in [6, 6.07) is 3.02. The number of nitrogens with zero attached hydrogens (tertiary/aromatic N) is 1. The Morgan fingerprint density at radius 2 is 2.25 bits per heavy atom. The standard InChI is InChI=1S/C17H15FN2/c1-11(2)7-12-3-5-13(6-4-12)15-8-14(18)9-17-16(15)10-19-20-17/h3,5-10H,1,4H2,2H3,(H,19,20)/b12-7-. The van der Waals surface area contributed by atoms with E-state index in [1.165, 1.54) is 11.6 Å². The van der Waals surface area contributed by atoms with E-state index < -0.39 is 0 Å². The Labute approximate surface area is 117 Å². The molecule has 1 aromatic carbocycles. The van der Waals surface area contributed by atoms with Crippen molar-refractivity contribution in [3.8, 4) is 0 Å². The zero-order chi connectivity index (χ0) is 14.1. The molecule has 0 aliphatic heterocycles. The summed E-state index contributed by atoms with van der Waals surface area (Å²) >= 11 is 0. The fourth-order valence-electron chi connectivity index (χ4n) is 2.44. The Morgan fingerprint density at radius 1 is 1.40 bits per heavy atom. The maximum Gasteiger partial charge on any atom is 0.125 e. The fourth-order valence-corrected chi connectivity index (χ4v) is 2.44. The van der Waals surface area contributed by atoms with Gasteiger partial charge in [0.2, 0.25) is 0 Å². The first kappa shape index (κ1) is 12.6. The summed E-state index contributed by atoms with van der Waals surface area (Å²) in [5.74, 6) is -0.255. The number of halogens is 1. The predicted molar refractivity (Wildman–Crippen MR) is 80.7 cm³/mol. The Kier molecular flexibility index (Phi) is 3.11. The van der Waals surface area contributed by atoms with Gasteiger partial charge in [0, 0.05) is 5.39 Å². The molecule has 1 aliphatic rings. The van der Waals surface area contributed by atoms with E-state index in [0.29, 0.717) is 0 Å². The van der Waals surface area contributed by atoms with Crippen molar-refractivity contribution in [2.75, 3.05) is 0 Å². The van der Waals surface area contributed by atoms with Gasteiger partial charge in [-0.05, 0) is 42.2 Å². The zero-order valence-electron chi connectivity index (χ0n) is 11.3. The molecule has 0 atom stereocenters. The van der Waals surface area contributed by atoms with Crippen molar-refractivity contribution < 1.29 is 4.39 Å². The molecule has 0 spiro atoms. The van der Waals surface area contributed by atoms with Crippen LogP contribution in [0.15, 0.2) is 60.4 Å². The van der Waals surface area contributed by atoms with Gasteiger partial charge in [0.15, 0.2) is 0 Å². The molecule has 0 unspecified atom stereocenters. The van der Waals surface area contributed by atoms with E-state index in [4.69, 9.17) is 0 Å². The molecule has 1 aliphatic carbocycles. The SMILES string of the molecule is C=C(C)/C=C1/C=CC(c2cc(F)cc3[nH]ncc23)=CC1. The fraction of sp³-hybridized carbons (Fsp3) is 0.118. The molecule has 0 saturated heterocycles. The number of benzene rings is 1. The molecule has 1 aromatic heterocycles. The lowest BCUT2D eigenvalue weighted by Crippen LogP contribution is -1.91. The van der Waals surface area contributed by atoms with E-state index >= 15 is 0 Å². The number of rotatable bonds is 2. The maximum atomic E-state index is 13.7. The number of aromatic nitrogens is 2. The van der Waals surface area contributed by atoms with Crippen molar-refractivity contribution in [2.24, 2.45) is 0 Å². The molecule has 0 radical (unpaired) electrons. The van der Waals surface area contributed by atoms with Crippen LogP contribution in [0.3, 0.4) is 0 Å². The lowest BCUT2D eigenvalue weighted by Gasteiger charge is -2.11. The first-order valence-electron chi connectivity index (χ1n) is 6.51. The van der Waals surface area contributed by atoms with E-state index in [9.17, 15) is 4.39 Å². The Hall–Kier alpha value is -2.42. The van der Waals surface area contributed by atoms with E-state index in [2.05, 4.69) is 35.0 Å². The summed E-state index contributed by atoms with van der Waals surface area (Å²) in [5.41, 5.74) is 4.86. The first-order valence-corrected chi connectivity index (χ1v) is 6.51. The minimum atomic E-state index is -0.255.